The van der Waals surface area contributed by atoms with Crippen LogP contribution in [0.3, 0.4) is 0 Å². The van der Waals surface area contributed by atoms with Crippen LogP contribution in [-0.4, -0.2) is 14.6 Å². The summed E-state index contributed by atoms with van der Waals surface area (Å²) < 4.78 is 60.3. The van der Waals surface area contributed by atoms with Crippen LogP contribution >= 0.6 is 0 Å². The fourth-order valence-electron chi connectivity index (χ4n) is 1.92. The molecule has 0 bridgehead atoms. The van der Waals surface area contributed by atoms with Gasteiger partial charge in [-0.05, 0) is 29.9 Å². The Labute approximate surface area is 103 Å². The Bertz CT molecular complexity index is 532. The van der Waals surface area contributed by atoms with Gasteiger partial charge in [-0.1, -0.05) is 24.3 Å². The van der Waals surface area contributed by atoms with Crippen molar-refractivity contribution in [2.24, 2.45) is 5.14 Å². The van der Waals surface area contributed by atoms with Gasteiger partial charge in [0.25, 0.3) is 0 Å². The van der Waals surface area contributed by atoms with Crippen LogP contribution in [0.15, 0.2) is 24.3 Å². The Morgan fingerprint density at radius 2 is 1.67 bits per heavy atom. The molecule has 1 aliphatic carbocycles. The van der Waals surface area contributed by atoms with Gasteiger partial charge in [-0.2, -0.15) is 13.2 Å². The normalized spacial score (nSPS) is 18.7. The highest BCUT2D eigenvalue weighted by Gasteiger charge is 2.48. The van der Waals surface area contributed by atoms with Crippen molar-refractivity contribution in [1.82, 2.24) is 0 Å². The Hall–Kier alpha value is -1.08. The second kappa shape index (κ2) is 4.24. The van der Waals surface area contributed by atoms with Gasteiger partial charge in [0.1, 0.15) is 0 Å². The van der Waals surface area contributed by atoms with E-state index in [-0.39, 0.29) is 5.56 Å². The molecule has 0 saturated heterocycles. The van der Waals surface area contributed by atoms with E-state index in [1.165, 1.54) is 24.3 Å². The monoisotopic (exact) mass is 279 g/mol. The molecule has 2 N–H and O–H groups in total. The number of primary sulfonamides is 1. The average molecular weight is 279 g/mol. The van der Waals surface area contributed by atoms with Crippen molar-refractivity contribution in [3.8, 4) is 0 Å². The summed E-state index contributed by atoms with van der Waals surface area (Å²) in [6.45, 7) is 0. The third-order valence-electron chi connectivity index (χ3n) is 2.91. The van der Waals surface area contributed by atoms with Gasteiger partial charge in [0.15, 0.2) is 5.25 Å². The summed E-state index contributed by atoms with van der Waals surface area (Å²) in [6, 6.07) is 5.46. The molecule has 100 valence electrons. The van der Waals surface area contributed by atoms with E-state index in [1.807, 2.05) is 0 Å². The Balaban J connectivity index is 2.36. The van der Waals surface area contributed by atoms with E-state index in [4.69, 9.17) is 0 Å². The molecule has 7 heteroatoms. The molecule has 18 heavy (non-hydrogen) atoms. The molecule has 1 saturated carbocycles. The fourth-order valence-corrected chi connectivity index (χ4v) is 2.83. The quantitative estimate of drug-likeness (QED) is 0.923. The Kier molecular flexibility index (Phi) is 3.14. The van der Waals surface area contributed by atoms with Crippen molar-refractivity contribution >= 4 is 10.0 Å². The van der Waals surface area contributed by atoms with Gasteiger partial charge >= 0.3 is 6.18 Å². The van der Waals surface area contributed by atoms with Gasteiger partial charge in [0, 0.05) is 0 Å². The third kappa shape index (κ3) is 2.84. The molecule has 1 fully saturated rings. The molecule has 1 unspecified atom stereocenters. The molecule has 0 aliphatic heterocycles. The van der Waals surface area contributed by atoms with E-state index in [9.17, 15) is 21.6 Å². The van der Waals surface area contributed by atoms with E-state index in [0.717, 1.165) is 18.4 Å². The van der Waals surface area contributed by atoms with Gasteiger partial charge < -0.3 is 0 Å². The van der Waals surface area contributed by atoms with Crippen molar-refractivity contribution < 1.29 is 21.6 Å². The van der Waals surface area contributed by atoms with Crippen LogP contribution < -0.4 is 5.14 Å². The van der Waals surface area contributed by atoms with E-state index in [2.05, 4.69) is 5.14 Å². The number of halogens is 3. The first-order valence-electron chi connectivity index (χ1n) is 5.38. The van der Waals surface area contributed by atoms with Crippen LogP contribution in [0.5, 0.6) is 0 Å². The summed E-state index contributed by atoms with van der Waals surface area (Å²) in [5, 5.41) is 2.01. The summed E-state index contributed by atoms with van der Waals surface area (Å²) in [4.78, 5) is 0. The maximum Gasteiger partial charge on any atom is 0.410 e. The van der Waals surface area contributed by atoms with E-state index < -0.39 is 21.4 Å². The Morgan fingerprint density at radius 3 is 2.00 bits per heavy atom. The highest BCUT2D eigenvalue weighted by atomic mass is 32.2. The highest BCUT2D eigenvalue weighted by Crippen LogP contribution is 2.42. The van der Waals surface area contributed by atoms with Crippen LogP contribution in [0.1, 0.15) is 35.1 Å². The molecule has 1 aliphatic rings. The SMILES string of the molecule is NS(=O)(=O)C(c1ccc(C2CC2)cc1)C(F)(F)F. The third-order valence-corrected chi connectivity index (χ3v) is 4.11. The zero-order chi connectivity index (χ0) is 13.6. The average Bonchev–Trinajstić information content (AvgIpc) is 2.97. The van der Waals surface area contributed by atoms with Gasteiger partial charge in [-0.3, -0.25) is 0 Å². The van der Waals surface area contributed by atoms with E-state index in [1.54, 1.807) is 0 Å². The molecule has 3 nitrogen and oxygen atoms in total. The van der Waals surface area contributed by atoms with Gasteiger partial charge in [-0.15, -0.1) is 0 Å². The number of hydrogen-bond acceptors (Lipinski definition) is 2. The zero-order valence-corrected chi connectivity index (χ0v) is 10.1. The van der Waals surface area contributed by atoms with Crippen molar-refractivity contribution in [3.63, 3.8) is 0 Å². The summed E-state index contributed by atoms with van der Waals surface area (Å²) in [6.07, 6.45) is -2.86. The second-order valence-electron chi connectivity index (χ2n) is 4.45. The molecule has 0 aromatic heterocycles. The lowest BCUT2D eigenvalue weighted by Gasteiger charge is -2.18. The molecule has 0 radical (unpaired) electrons. The molecular weight excluding hydrogens is 267 g/mol. The summed E-state index contributed by atoms with van der Waals surface area (Å²) in [5.74, 6) is 0.401. The lowest BCUT2D eigenvalue weighted by atomic mass is 10.1. The minimum Gasteiger partial charge on any atom is -0.228 e. The molecule has 0 spiro atoms. The molecule has 2 rings (SSSR count). The first kappa shape index (κ1) is 13.4. The smallest absolute Gasteiger partial charge is 0.228 e. The number of hydrogen-bond donors (Lipinski definition) is 1. The number of nitrogens with two attached hydrogens (primary N) is 1. The molecule has 0 amide bonds. The van der Waals surface area contributed by atoms with Crippen LogP contribution in [0.25, 0.3) is 0 Å². The molecule has 1 atom stereocenters. The molecular formula is C11H12F3NO2S. The number of benzene rings is 1. The standard InChI is InChI=1S/C11H12F3NO2S/c12-11(13,14)10(18(15,16)17)9-5-3-8(4-6-9)7-1-2-7/h3-7,10H,1-2H2,(H2,15,16,17). The van der Waals surface area contributed by atoms with Crippen molar-refractivity contribution in [1.29, 1.82) is 0 Å². The van der Waals surface area contributed by atoms with E-state index >= 15 is 0 Å². The topological polar surface area (TPSA) is 60.2 Å². The summed E-state index contributed by atoms with van der Waals surface area (Å²) >= 11 is 0. The van der Waals surface area contributed by atoms with E-state index in [0.29, 0.717) is 5.92 Å². The first-order valence-corrected chi connectivity index (χ1v) is 6.99. The molecule has 0 heterocycles. The minimum absolute atomic E-state index is 0.339. The van der Waals surface area contributed by atoms with Crippen molar-refractivity contribution in [2.75, 3.05) is 0 Å². The minimum atomic E-state index is -4.91. The highest BCUT2D eigenvalue weighted by molar-refractivity contribution is 7.89. The second-order valence-corrected chi connectivity index (χ2v) is 6.10. The van der Waals surface area contributed by atoms with Crippen LogP contribution in [0, 0.1) is 0 Å². The van der Waals surface area contributed by atoms with Crippen LogP contribution in [-0.2, 0) is 10.0 Å². The van der Waals surface area contributed by atoms with Gasteiger partial charge in [0.2, 0.25) is 10.0 Å². The maximum atomic E-state index is 12.7. The molecule has 1 aromatic carbocycles. The van der Waals surface area contributed by atoms with Crippen LogP contribution in [0.2, 0.25) is 0 Å². The predicted octanol–water partition coefficient (Wildman–Crippen LogP) is 2.46. The fraction of sp³-hybridized carbons (Fsp3) is 0.455. The summed E-state index contributed by atoms with van der Waals surface area (Å²) in [5.41, 5.74) is 0.600. The molecule has 1 aromatic rings. The van der Waals surface area contributed by atoms with Crippen molar-refractivity contribution in [2.45, 2.75) is 30.2 Å². The van der Waals surface area contributed by atoms with Gasteiger partial charge in [-0.25, -0.2) is 13.6 Å². The lowest BCUT2D eigenvalue weighted by Crippen LogP contribution is -2.33. The largest absolute Gasteiger partial charge is 0.410 e. The lowest BCUT2D eigenvalue weighted by molar-refractivity contribution is -0.131. The Morgan fingerprint density at radius 1 is 1.17 bits per heavy atom. The first-order chi connectivity index (χ1) is 8.19. The van der Waals surface area contributed by atoms with Crippen LogP contribution in [0.4, 0.5) is 13.2 Å². The predicted molar refractivity (Wildman–Crippen MR) is 60.3 cm³/mol. The number of alkyl halides is 3. The number of rotatable bonds is 3. The zero-order valence-electron chi connectivity index (χ0n) is 9.31. The maximum absolute atomic E-state index is 12.7. The number of sulfonamides is 1. The van der Waals surface area contributed by atoms with Gasteiger partial charge in [0.05, 0.1) is 0 Å². The summed E-state index contributed by atoms with van der Waals surface area (Å²) in [7, 11) is -4.72. The van der Waals surface area contributed by atoms with Crippen molar-refractivity contribution in [3.05, 3.63) is 35.4 Å².